The van der Waals surface area contributed by atoms with Gasteiger partial charge in [-0.1, -0.05) is 30.3 Å². The average Bonchev–Trinajstić information content (AvgIpc) is 2.96. The highest BCUT2D eigenvalue weighted by Gasteiger charge is 2.32. The lowest BCUT2D eigenvalue weighted by atomic mass is 10.2. The van der Waals surface area contributed by atoms with E-state index in [1.807, 2.05) is 55.5 Å². The van der Waals surface area contributed by atoms with Crippen molar-refractivity contribution in [3.8, 4) is 5.75 Å². The summed E-state index contributed by atoms with van der Waals surface area (Å²) in [5.74, 6) is -0.0480. The molecule has 0 saturated carbocycles. The van der Waals surface area contributed by atoms with Gasteiger partial charge in [-0.05, 0) is 54.6 Å². The van der Waals surface area contributed by atoms with E-state index in [2.05, 4.69) is 4.99 Å². The lowest BCUT2D eigenvalue weighted by Crippen LogP contribution is -2.28. The Morgan fingerprint density at radius 2 is 1.89 bits per heavy atom. The number of aliphatic imine (C=N–C) groups is 1. The Hall–Kier alpha value is -3.06. The van der Waals surface area contributed by atoms with Gasteiger partial charge in [-0.3, -0.25) is 14.5 Å². The topological polar surface area (TPSA) is 85.0 Å². The second kappa shape index (κ2) is 8.55. The van der Waals surface area contributed by atoms with E-state index in [9.17, 15) is 9.59 Å². The molecule has 2 N–H and O–H groups in total. The SMILES string of the molecule is CCN1C(=O)/C(=C/c2ccc(OCC(N)=O)cc2)SC1=Nc1ccccc1. The van der Waals surface area contributed by atoms with Gasteiger partial charge in [0.1, 0.15) is 5.75 Å². The summed E-state index contributed by atoms with van der Waals surface area (Å²) >= 11 is 1.35. The summed E-state index contributed by atoms with van der Waals surface area (Å²) in [6.07, 6.45) is 1.82. The van der Waals surface area contributed by atoms with Crippen molar-refractivity contribution >= 4 is 40.5 Å². The minimum absolute atomic E-state index is 0.0637. The molecule has 138 valence electrons. The van der Waals surface area contributed by atoms with Crippen LogP contribution in [0.25, 0.3) is 6.08 Å². The maximum atomic E-state index is 12.7. The summed E-state index contributed by atoms with van der Waals surface area (Å²) in [6, 6.07) is 16.7. The predicted octanol–water partition coefficient (Wildman–Crippen LogP) is 3.17. The molecule has 3 rings (SSSR count). The molecule has 0 aliphatic carbocycles. The maximum Gasteiger partial charge on any atom is 0.266 e. The lowest BCUT2D eigenvalue weighted by Gasteiger charge is -2.11. The number of rotatable bonds is 6. The Kier molecular flexibility index (Phi) is 5.93. The largest absolute Gasteiger partial charge is 0.484 e. The zero-order valence-corrected chi connectivity index (χ0v) is 15.6. The van der Waals surface area contributed by atoms with E-state index in [0.717, 1.165) is 11.3 Å². The Bertz CT molecular complexity index is 892. The number of hydrogen-bond acceptors (Lipinski definition) is 5. The monoisotopic (exact) mass is 381 g/mol. The normalized spacial score (nSPS) is 16.9. The zero-order valence-electron chi connectivity index (χ0n) is 14.8. The Morgan fingerprint density at radius 3 is 2.52 bits per heavy atom. The van der Waals surface area contributed by atoms with Crippen molar-refractivity contribution in [2.45, 2.75) is 6.92 Å². The molecule has 0 radical (unpaired) electrons. The average molecular weight is 381 g/mol. The van der Waals surface area contributed by atoms with Crippen molar-refractivity contribution in [1.82, 2.24) is 4.90 Å². The summed E-state index contributed by atoms with van der Waals surface area (Å²) in [5, 5.41) is 0.668. The summed E-state index contributed by atoms with van der Waals surface area (Å²) < 4.78 is 5.24. The fraction of sp³-hybridized carbons (Fsp3) is 0.150. The van der Waals surface area contributed by atoms with Gasteiger partial charge in [-0.25, -0.2) is 4.99 Å². The summed E-state index contributed by atoms with van der Waals surface area (Å²) in [7, 11) is 0. The van der Waals surface area contributed by atoms with Crippen LogP contribution >= 0.6 is 11.8 Å². The van der Waals surface area contributed by atoms with E-state index in [4.69, 9.17) is 10.5 Å². The fourth-order valence-electron chi connectivity index (χ4n) is 2.45. The number of ether oxygens (including phenoxy) is 1. The maximum absolute atomic E-state index is 12.7. The van der Waals surface area contributed by atoms with Crippen LogP contribution in [0, 0.1) is 0 Å². The van der Waals surface area contributed by atoms with Crippen LogP contribution in [0.1, 0.15) is 12.5 Å². The van der Waals surface area contributed by atoms with E-state index in [-0.39, 0.29) is 12.5 Å². The molecule has 7 heteroatoms. The van der Waals surface area contributed by atoms with Gasteiger partial charge >= 0.3 is 0 Å². The minimum Gasteiger partial charge on any atom is -0.484 e. The molecule has 0 unspecified atom stereocenters. The number of benzene rings is 2. The van der Waals surface area contributed by atoms with E-state index in [0.29, 0.717) is 22.4 Å². The number of amidine groups is 1. The Morgan fingerprint density at radius 1 is 1.19 bits per heavy atom. The molecule has 27 heavy (non-hydrogen) atoms. The molecule has 1 aliphatic rings. The number of para-hydroxylation sites is 1. The van der Waals surface area contributed by atoms with Gasteiger partial charge in [0.05, 0.1) is 10.6 Å². The lowest BCUT2D eigenvalue weighted by molar-refractivity contribution is -0.122. The number of hydrogen-bond donors (Lipinski definition) is 1. The number of thioether (sulfide) groups is 1. The third-order valence-corrected chi connectivity index (χ3v) is 4.75. The summed E-state index contributed by atoms with van der Waals surface area (Å²) in [5.41, 5.74) is 6.72. The van der Waals surface area contributed by atoms with Crippen molar-refractivity contribution in [2.75, 3.05) is 13.2 Å². The van der Waals surface area contributed by atoms with Crippen LogP contribution in [-0.4, -0.2) is 35.0 Å². The van der Waals surface area contributed by atoms with Gasteiger partial charge in [0.15, 0.2) is 11.8 Å². The van der Waals surface area contributed by atoms with Crippen molar-refractivity contribution < 1.29 is 14.3 Å². The second-order valence-corrected chi connectivity index (χ2v) is 6.72. The number of nitrogens with two attached hydrogens (primary N) is 1. The molecule has 2 aromatic rings. The minimum atomic E-state index is -0.529. The molecule has 1 fully saturated rings. The van der Waals surface area contributed by atoms with Gasteiger partial charge < -0.3 is 10.5 Å². The van der Waals surface area contributed by atoms with Gasteiger partial charge in [-0.15, -0.1) is 0 Å². The molecule has 0 bridgehead atoms. The first-order valence-electron chi connectivity index (χ1n) is 8.43. The number of carbonyl (C=O) groups excluding carboxylic acids is 2. The highest BCUT2D eigenvalue weighted by atomic mass is 32.2. The van der Waals surface area contributed by atoms with Crippen LogP contribution in [0.3, 0.4) is 0 Å². The van der Waals surface area contributed by atoms with E-state index < -0.39 is 5.91 Å². The summed E-state index contributed by atoms with van der Waals surface area (Å²) in [6.45, 7) is 2.31. The standard InChI is InChI=1S/C20H19N3O3S/c1-2-23-19(25)17(27-20(23)22-15-6-4-3-5-7-15)12-14-8-10-16(11-9-14)26-13-18(21)24/h3-12H,2,13H2,1H3,(H2,21,24)/b17-12-,22-20?. The predicted molar refractivity (Wildman–Crippen MR) is 108 cm³/mol. The van der Waals surface area contributed by atoms with Gasteiger partial charge in [0.2, 0.25) is 0 Å². The molecule has 1 saturated heterocycles. The molecule has 2 amide bonds. The molecular weight excluding hydrogens is 362 g/mol. The third-order valence-electron chi connectivity index (χ3n) is 3.74. The van der Waals surface area contributed by atoms with E-state index in [1.54, 1.807) is 17.0 Å². The van der Waals surface area contributed by atoms with Gasteiger partial charge in [0, 0.05) is 6.54 Å². The number of carbonyl (C=O) groups is 2. The van der Waals surface area contributed by atoms with Crippen LogP contribution < -0.4 is 10.5 Å². The number of primary amides is 1. The van der Waals surface area contributed by atoms with Crippen LogP contribution in [0.2, 0.25) is 0 Å². The van der Waals surface area contributed by atoms with Crippen molar-refractivity contribution in [3.05, 3.63) is 65.1 Å². The van der Waals surface area contributed by atoms with Gasteiger partial charge in [0.25, 0.3) is 11.8 Å². The Balaban J connectivity index is 1.79. The number of likely N-dealkylation sites (N-methyl/N-ethyl adjacent to an activating group) is 1. The van der Waals surface area contributed by atoms with Crippen LogP contribution in [0.15, 0.2) is 64.5 Å². The van der Waals surface area contributed by atoms with Crippen LogP contribution in [-0.2, 0) is 9.59 Å². The first-order chi connectivity index (χ1) is 13.1. The van der Waals surface area contributed by atoms with Crippen molar-refractivity contribution in [1.29, 1.82) is 0 Å². The quantitative estimate of drug-likeness (QED) is 0.779. The highest BCUT2D eigenvalue weighted by Crippen LogP contribution is 2.34. The molecular formula is C20H19N3O3S. The number of nitrogens with zero attached hydrogens (tertiary/aromatic N) is 2. The van der Waals surface area contributed by atoms with Crippen molar-refractivity contribution in [2.24, 2.45) is 10.7 Å². The molecule has 1 aliphatic heterocycles. The fourth-order valence-corrected chi connectivity index (χ4v) is 3.51. The number of amides is 2. The molecule has 0 aromatic heterocycles. The van der Waals surface area contributed by atoms with Crippen LogP contribution in [0.5, 0.6) is 5.75 Å². The van der Waals surface area contributed by atoms with E-state index >= 15 is 0 Å². The third kappa shape index (κ3) is 4.77. The smallest absolute Gasteiger partial charge is 0.266 e. The summed E-state index contributed by atoms with van der Waals surface area (Å²) in [4.78, 5) is 30.3. The molecule has 0 atom stereocenters. The highest BCUT2D eigenvalue weighted by molar-refractivity contribution is 8.18. The van der Waals surface area contributed by atoms with Crippen LogP contribution in [0.4, 0.5) is 5.69 Å². The second-order valence-electron chi connectivity index (χ2n) is 5.71. The Labute approximate surface area is 161 Å². The van der Waals surface area contributed by atoms with E-state index in [1.165, 1.54) is 11.8 Å². The first-order valence-corrected chi connectivity index (χ1v) is 9.25. The van der Waals surface area contributed by atoms with Gasteiger partial charge in [-0.2, -0.15) is 0 Å². The zero-order chi connectivity index (χ0) is 19.2. The molecule has 2 aromatic carbocycles. The molecule has 1 heterocycles. The molecule has 6 nitrogen and oxygen atoms in total. The first kappa shape index (κ1) is 18.7. The van der Waals surface area contributed by atoms with Crippen molar-refractivity contribution in [3.63, 3.8) is 0 Å². The molecule has 0 spiro atoms.